The van der Waals surface area contributed by atoms with Gasteiger partial charge in [0.2, 0.25) is 15.9 Å². The van der Waals surface area contributed by atoms with E-state index in [2.05, 4.69) is 0 Å². The summed E-state index contributed by atoms with van der Waals surface area (Å²) in [6.07, 6.45) is -0.435. The number of carbonyl (C=O) groups excluding carboxylic acids is 2. The van der Waals surface area contributed by atoms with Gasteiger partial charge in [0.1, 0.15) is 11.4 Å². The zero-order valence-electron chi connectivity index (χ0n) is 17.2. The van der Waals surface area contributed by atoms with Crippen molar-refractivity contribution in [1.29, 1.82) is 0 Å². The van der Waals surface area contributed by atoms with Gasteiger partial charge >= 0.3 is 6.09 Å². The van der Waals surface area contributed by atoms with Gasteiger partial charge in [-0.25, -0.2) is 13.2 Å². The first-order valence-corrected chi connectivity index (χ1v) is 11.0. The first-order valence-electron chi connectivity index (χ1n) is 9.58. The smallest absolute Gasteiger partial charge is 0.409 e. The number of nitrogens with zero attached hydrogens (tertiary/aromatic N) is 3. The molecule has 0 radical (unpaired) electrons. The number of rotatable bonds is 3. The molecule has 2 heterocycles. The van der Waals surface area contributed by atoms with Crippen LogP contribution >= 0.6 is 0 Å². The topological polar surface area (TPSA) is 96.5 Å². The molecule has 1 saturated heterocycles. The highest BCUT2D eigenvalue weighted by molar-refractivity contribution is 7.89. The van der Waals surface area contributed by atoms with Gasteiger partial charge in [0.25, 0.3) is 0 Å². The Morgan fingerprint density at radius 1 is 1.17 bits per heavy atom. The van der Waals surface area contributed by atoms with Gasteiger partial charge in [0.15, 0.2) is 0 Å². The molecule has 1 fully saturated rings. The largest absolute Gasteiger partial charge is 0.484 e. The number of hydrogen-bond donors (Lipinski definition) is 0. The lowest BCUT2D eigenvalue weighted by Gasteiger charge is -2.39. The zero-order valence-corrected chi connectivity index (χ0v) is 18.0. The third-order valence-electron chi connectivity index (χ3n) is 4.93. The molecule has 2 amide bonds. The highest BCUT2D eigenvalue weighted by Gasteiger charge is 2.36. The molecule has 0 atom stereocenters. The third kappa shape index (κ3) is 4.32. The van der Waals surface area contributed by atoms with Gasteiger partial charge in [-0.05, 0) is 39.0 Å². The van der Waals surface area contributed by atoms with Crippen LogP contribution in [0.4, 0.5) is 10.5 Å². The third-order valence-corrected chi connectivity index (χ3v) is 6.82. The molecule has 29 heavy (non-hydrogen) atoms. The number of amides is 2. The molecule has 0 unspecified atom stereocenters. The number of sulfonamides is 1. The summed E-state index contributed by atoms with van der Waals surface area (Å²) in [7, 11) is -3.77. The standard InChI is InChI=1S/C19H27N3O6S/c1-5-27-18(24)20-8-10-21(11-9-20)29(25,26)15-6-7-17-16(12-15)22(14(2)23)13-19(3,4)28-17/h6-7,12H,5,8-11,13H2,1-4H3. The van der Waals surface area contributed by atoms with Crippen LogP contribution in [0.2, 0.25) is 0 Å². The molecule has 0 aromatic heterocycles. The lowest BCUT2D eigenvalue weighted by molar-refractivity contribution is -0.117. The SMILES string of the molecule is CCOC(=O)N1CCN(S(=O)(=O)c2ccc3c(c2)N(C(C)=O)CC(C)(C)O3)CC1. The van der Waals surface area contributed by atoms with Gasteiger partial charge < -0.3 is 19.3 Å². The van der Waals surface area contributed by atoms with Crippen LogP contribution in [-0.2, 0) is 19.6 Å². The van der Waals surface area contributed by atoms with Crippen molar-refractivity contribution in [3.8, 4) is 5.75 Å². The quantitative estimate of drug-likeness (QED) is 0.731. The van der Waals surface area contributed by atoms with Crippen molar-refractivity contribution >= 4 is 27.7 Å². The molecule has 10 heteroatoms. The van der Waals surface area contributed by atoms with Crippen LogP contribution in [0.3, 0.4) is 0 Å². The molecule has 1 aromatic carbocycles. The summed E-state index contributed by atoms with van der Waals surface area (Å²) in [5, 5.41) is 0. The maximum atomic E-state index is 13.1. The van der Waals surface area contributed by atoms with Gasteiger partial charge in [0, 0.05) is 33.1 Å². The molecule has 0 spiro atoms. The van der Waals surface area contributed by atoms with Crippen molar-refractivity contribution in [2.45, 2.75) is 38.2 Å². The minimum Gasteiger partial charge on any atom is -0.484 e. The summed E-state index contributed by atoms with van der Waals surface area (Å²) in [5.41, 5.74) is -0.120. The Morgan fingerprint density at radius 2 is 1.83 bits per heavy atom. The van der Waals surface area contributed by atoms with Gasteiger partial charge in [0.05, 0.1) is 23.7 Å². The second-order valence-electron chi connectivity index (χ2n) is 7.69. The molecule has 3 rings (SSSR count). The van der Waals surface area contributed by atoms with Crippen molar-refractivity contribution in [1.82, 2.24) is 9.21 Å². The first kappa shape index (κ1) is 21.4. The summed E-state index contributed by atoms with van der Waals surface area (Å²) < 4.78 is 38.5. The van der Waals surface area contributed by atoms with Gasteiger partial charge in [-0.1, -0.05) is 0 Å². The number of anilines is 1. The average molecular weight is 426 g/mol. The van der Waals surface area contributed by atoms with Crippen molar-refractivity contribution in [2.75, 3.05) is 44.2 Å². The Hall–Kier alpha value is -2.33. The maximum Gasteiger partial charge on any atom is 0.409 e. The van der Waals surface area contributed by atoms with E-state index >= 15 is 0 Å². The average Bonchev–Trinajstić information content (AvgIpc) is 2.66. The molecule has 2 aliphatic heterocycles. The van der Waals surface area contributed by atoms with E-state index in [1.165, 1.54) is 33.2 Å². The van der Waals surface area contributed by atoms with Crippen LogP contribution in [-0.4, -0.2) is 74.6 Å². The molecule has 0 saturated carbocycles. The number of carbonyl (C=O) groups is 2. The number of benzene rings is 1. The molecule has 9 nitrogen and oxygen atoms in total. The van der Waals surface area contributed by atoms with Gasteiger partial charge in [-0.15, -0.1) is 0 Å². The van der Waals surface area contributed by atoms with E-state index in [0.717, 1.165) is 0 Å². The lowest BCUT2D eigenvalue weighted by atomic mass is 10.1. The molecular formula is C19H27N3O6S. The number of hydrogen-bond acceptors (Lipinski definition) is 6. The molecule has 0 bridgehead atoms. The maximum absolute atomic E-state index is 13.1. The summed E-state index contributed by atoms with van der Waals surface area (Å²) >= 11 is 0. The van der Waals surface area contributed by atoms with E-state index in [1.807, 2.05) is 13.8 Å². The fourth-order valence-electron chi connectivity index (χ4n) is 3.51. The van der Waals surface area contributed by atoms with Crippen LogP contribution in [0.1, 0.15) is 27.7 Å². The Morgan fingerprint density at radius 3 is 2.41 bits per heavy atom. The molecule has 1 aromatic rings. The second-order valence-corrected chi connectivity index (χ2v) is 9.62. The van der Waals surface area contributed by atoms with Crippen molar-refractivity contribution in [3.63, 3.8) is 0 Å². The first-order chi connectivity index (χ1) is 13.5. The second kappa shape index (κ2) is 7.83. The Labute approximate surface area is 171 Å². The predicted octanol–water partition coefficient (Wildman–Crippen LogP) is 1.67. The summed E-state index contributed by atoms with van der Waals surface area (Å²) in [6.45, 7) is 8.41. The van der Waals surface area contributed by atoms with Gasteiger partial charge in [-0.3, -0.25) is 4.79 Å². The molecular weight excluding hydrogens is 398 g/mol. The van der Waals surface area contributed by atoms with Gasteiger partial charge in [-0.2, -0.15) is 4.31 Å². The molecule has 0 N–H and O–H groups in total. The fraction of sp³-hybridized carbons (Fsp3) is 0.579. The molecule has 0 aliphatic carbocycles. The summed E-state index contributed by atoms with van der Waals surface area (Å²) in [6, 6.07) is 4.57. The number of fused-ring (bicyclic) bond motifs is 1. The van der Waals surface area contributed by atoms with E-state index in [1.54, 1.807) is 13.0 Å². The van der Waals surface area contributed by atoms with Crippen LogP contribution in [0.5, 0.6) is 5.75 Å². The molecule has 160 valence electrons. The number of piperazine rings is 1. The summed E-state index contributed by atoms with van der Waals surface area (Å²) in [5.74, 6) is 0.294. The minimum atomic E-state index is -3.77. The van der Waals surface area contributed by atoms with Crippen molar-refractivity contribution in [2.24, 2.45) is 0 Å². The van der Waals surface area contributed by atoms with E-state index in [0.29, 0.717) is 18.0 Å². The highest BCUT2D eigenvalue weighted by Crippen LogP contribution is 2.39. The van der Waals surface area contributed by atoms with E-state index in [-0.39, 0.29) is 43.6 Å². The minimum absolute atomic E-state index is 0.0930. The predicted molar refractivity (Wildman–Crippen MR) is 107 cm³/mol. The monoisotopic (exact) mass is 425 g/mol. The Balaban J connectivity index is 1.83. The Kier molecular flexibility index (Phi) is 5.77. The van der Waals surface area contributed by atoms with Crippen molar-refractivity contribution < 1.29 is 27.5 Å². The van der Waals surface area contributed by atoms with Crippen LogP contribution in [0, 0.1) is 0 Å². The van der Waals surface area contributed by atoms with Crippen LogP contribution in [0.15, 0.2) is 23.1 Å². The van der Waals surface area contributed by atoms with Crippen molar-refractivity contribution in [3.05, 3.63) is 18.2 Å². The lowest BCUT2D eigenvalue weighted by Crippen LogP contribution is -2.50. The van der Waals surface area contributed by atoms with E-state index in [4.69, 9.17) is 9.47 Å². The normalized spacial score (nSPS) is 19.3. The zero-order chi connectivity index (χ0) is 21.4. The van der Waals surface area contributed by atoms with E-state index < -0.39 is 21.7 Å². The van der Waals surface area contributed by atoms with Crippen LogP contribution in [0.25, 0.3) is 0 Å². The Bertz CT molecular complexity index is 907. The fourth-order valence-corrected chi connectivity index (χ4v) is 4.95. The summed E-state index contributed by atoms with van der Waals surface area (Å²) in [4.78, 5) is 27.1. The number of ether oxygens (including phenoxy) is 2. The highest BCUT2D eigenvalue weighted by atomic mass is 32.2. The van der Waals surface area contributed by atoms with E-state index in [9.17, 15) is 18.0 Å². The van der Waals surface area contributed by atoms with Crippen LogP contribution < -0.4 is 9.64 Å². The molecule has 2 aliphatic rings.